The topological polar surface area (TPSA) is 79.3 Å². The Hall–Kier alpha value is -3.58. The summed E-state index contributed by atoms with van der Waals surface area (Å²) in [6.45, 7) is 6.99. The molecule has 34 heavy (non-hydrogen) atoms. The van der Waals surface area contributed by atoms with E-state index in [1.165, 1.54) is 0 Å². The number of rotatable bonds is 10. The number of aryl methyl sites for hydroxylation is 1. The van der Waals surface area contributed by atoms with Gasteiger partial charge in [-0.3, -0.25) is 9.59 Å². The van der Waals surface area contributed by atoms with E-state index < -0.39 is 17.7 Å². The molecule has 2 aromatic rings. The van der Waals surface area contributed by atoms with Crippen LogP contribution in [0.1, 0.15) is 29.2 Å². The van der Waals surface area contributed by atoms with Gasteiger partial charge >= 0.3 is 0 Å². The summed E-state index contributed by atoms with van der Waals surface area (Å²) in [4.78, 5) is 29.8. The van der Waals surface area contributed by atoms with Crippen LogP contribution in [0.2, 0.25) is 0 Å². The average molecular weight is 465 g/mol. The van der Waals surface area contributed by atoms with E-state index in [1.54, 1.807) is 48.4 Å². The summed E-state index contributed by atoms with van der Waals surface area (Å²) in [7, 11) is 5.49. The van der Waals surface area contributed by atoms with E-state index >= 15 is 0 Å². The van der Waals surface area contributed by atoms with Gasteiger partial charge in [-0.15, -0.1) is 0 Å². The smallest absolute Gasteiger partial charge is 0.295 e. The fourth-order valence-electron chi connectivity index (χ4n) is 4.09. The van der Waals surface area contributed by atoms with Gasteiger partial charge in [0.1, 0.15) is 23.9 Å². The Balaban J connectivity index is 2.07. The number of methoxy groups -OCH3 is 1. The Labute approximate surface area is 200 Å². The lowest BCUT2D eigenvalue weighted by Gasteiger charge is -2.26. The third kappa shape index (κ3) is 5.31. The van der Waals surface area contributed by atoms with Gasteiger partial charge in [0.25, 0.3) is 11.7 Å². The number of amides is 1. The summed E-state index contributed by atoms with van der Waals surface area (Å²) in [5, 5.41) is 11.3. The summed E-state index contributed by atoms with van der Waals surface area (Å²) in [5.41, 5.74) is 2.03. The van der Waals surface area contributed by atoms with Gasteiger partial charge in [-0.2, -0.15) is 0 Å². The average Bonchev–Trinajstić information content (AvgIpc) is 3.07. The van der Waals surface area contributed by atoms with Crippen LogP contribution in [-0.4, -0.2) is 67.5 Å². The third-order valence-electron chi connectivity index (χ3n) is 5.80. The first-order valence-electron chi connectivity index (χ1n) is 11.2. The predicted molar refractivity (Wildman–Crippen MR) is 132 cm³/mol. The van der Waals surface area contributed by atoms with Crippen LogP contribution in [0.15, 0.2) is 60.7 Å². The van der Waals surface area contributed by atoms with Gasteiger partial charge in [0.05, 0.1) is 18.7 Å². The van der Waals surface area contributed by atoms with Crippen molar-refractivity contribution in [2.75, 3.05) is 40.9 Å². The highest BCUT2D eigenvalue weighted by Gasteiger charge is 2.45. The molecule has 0 spiro atoms. The summed E-state index contributed by atoms with van der Waals surface area (Å²) in [6, 6.07) is 11.7. The van der Waals surface area contributed by atoms with Gasteiger partial charge in [-0.1, -0.05) is 24.8 Å². The van der Waals surface area contributed by atoms with Crippen LogP contribution in [0.5, 0.6) is 11.5 Å². The molecule has 7 heteroatoms. The summed E-state index contributed by atoms with van der Waals surface area (Å²) >= 11 is 0. The quantitative estimate of drug-likeness (QED) is 0.248. The van der Waals surface area contributed by atoms with Gasteiger partial charge in [-0.05, 0) is 75.4 Å². The number of carbonyl (C=O) groups is 2. The molecule has 1 fully saturated rings. The van der Waals surface area contributed by atoms with Crippen LogP contribution in [0, 0.1) is 6.92 Å². The fraction of sp³-hybridized carbons (Fsp3) is 0.333. The number of aliphatic hydroxyl groups is 1. The Morgan fingerprint density at radius 1 is 1.15 bits per heavy atom. The van der Waals surface area contributed by atoms with E-state index in [2.05, 4.69) is 6.58 Å². The second kappa shape index (κ2) is 11.0. The van der Waals surface area contributed by atoms with Crippen LogP contribution in [-0.2, 0) is 9.59 Å². The molecule has 1 amide bonds. The lowest BCUT2D eigenvalue weighted by atomic mass is 9.93. The minimum atomic E-state index is -0.691. The first-order valence-corrected chi connectivity index (χ1v) is 11.2. The molecule has 1 heterocycles. The second-order valence-corrected chi connectivity index (χ2v) is 8.50. The number of ketones is 1. The maximum Gasteiger partial charge on any atom is 0.295 e. The molecule has 1 aliphatic rings. The monoisotopic (exact) mass is 464 g/mol. The molecule has 2 aromatic carbocycles. The van der Waals surface area contributed by atoms with E-state index in [9.17, 15) is 14.7 Å². The van der Waals surface area contributed by atoms with Crippen molar-refractivity contribution in [1.82, 2.24) is 9.80 Å². The molecule has 0 radical (unpaired) electrons. The summed E-state index contributed by atoms with van der Waals surface area (Å²) < 4.78 is 10.8. The zero-order valence-electron chi connectivity index (χ0n) is 20.2. The molecule has 0 bridgehead atoms. The number of benzene rings is 2. The van der Waals surface area contributed by atoms with E-state index in [4.69, 9.17) is 9.47 Å². The molecule has 0 saturated carbocycles. The number of hydrogen-bond acceptors (Lipinski definition) is 6. The lowest BCUT2D eigenvalue weighted by Crippen LogP contribution is -2.32. The van der Waals surface area contributed by atoms with Crippen LogP contribution in [0.25, 0.3) is 5.76 Å². The Kier molecular flexibility index (Phi) is 8.12. The minimum absolute atomic E-state index is 0.0860. The zero-order valence-corrected chi connectivity index (χ0v) is 20.2. The maximum absolute atomic E-state index is 13.2. The minimum Gasteiger partial charge on any atom is -0.507 e. The molecule has 1 saturated heterocycles. The first-order chi connectivity index (χ1) is 16.3. The number of hydrogen-bond donors (Lipinski definition) is 1. The zero-order chi connectivity index (χ0) is 24.8. The highest BCUT2D eigenvalue weighted by Crippen LogP contribution is 2.40. The molecule has 1 atom stereocenters. The van der Waals surface area contributed by atoms with E-state index in [0.29, 0.717) is 36.6 Å². The molecule has 1 aliphatic heterocycles. The molecule has 0 aliphatic carbocycles. The molecule has 180 valence electrons. The Morgan fingerprint density at radius 3 is 2.41 bits per heavy atom. The SMILES string of the molecule is C=CCOc1ccc(C(O)=C2C(=O)C(=O)N(CCCN(C)C)[C@H]2c2ccc(OC)cc2)c(C)c1. The van der Waals surface area contributed by atoms with Gasteiger partial charge in [0.15, 0.2) is 0 Å². The standard InChI is InChI=1S/C27H32N2O5/c1-6-16-34-21-12-13-22(18(2)17-21)25(30)23-24(19-8-10-20(33-5)11-9-19)29(27(32)26(23)31)15-7-14-28(3)4/h6,8-13,17,24,30H,1,7,14-16H2,2-5H3/t24-/m0/s1. The number of Topliss-reactive ketones (excluding diaryl/α,β-unsaturated/α-hetero) is 1. The molecular weight excluding hydrogens is 432 g/mol. The van der Waals surface area contributed by atoms with Gasteiger partial charge in [0.2, 0.25) is 0 Å². The molecule has 0 unspecified atom stereocenters. The highest BCUT2D eigenvalue weighted by molar-refractivity contribution is 6.46. The third-order valence-corrected chi connectivity index (χ3v) is 5.80. The van der Waals surface area contributed by atoms with E-state index in [-0.39, 0.29) is 11.3 Å². The van der Waals surface area contributed by atoms with Crippen molar-refractivity contribution in [1.29, 1.82) is 0 Å². The highest BCUT2D eigenvalue weighted by atomic mass is 16.5. The second-order valence-electron chi connectivity index (χ2n) is 8.50. The largest absolute Gasteiger partial charge is 0.507 e. The number of likely N-dealkylation sites (tertiary alicyclic amines) is 1. The van der Waals surface area contributed by atoms with Crippen molar-refractivity contribution >= 4 is 17.4 Å². The van der Waals surface area contributed by atoms with Crippen molar-refractivity contribution in [2.45, 2.75) is 19.4 Å². The number of ether oxygens (including phenoxy) is 2. The van der Waals surface area contributed by atoms with E-state index in [0.717, 1.165) is 17.7 Å². The number of aliphatic hydroxyl groups excluding tert-OH is 1. The van der Waals surface area contributed by atoms with Crippen LogP contribution in [0.4, 0.5) is 0 Å². The maximum atomic E-state index is 13.2. The lowest BCUT2D eigenvalue weighted by molar-refractivity contribution is -0.139. The van der Waals surface area contributed by atoms with Crippen LogP contribution < -0.4 is 9.47 Å². The van der Waals surface area contributed by atoms with Crippen molar-refractivity contribution in [2.24, 2.45) is 0 Å². The fourth-order valence-corrected chi connectivity index (χ4v) is 4.09. The van der Waals surface area contributed by atoms with Crippen molar-refractivity contribution in [3.05, 3.63) is 77.4 Å². The van der Waals surface area contributed by atoms with Crippen LogP contribution in [0.3, 0.4) is 0 Å². The van der Waals surface area contributed by atoms with Gasteiger partial charge in [-0.25, -0.2) is 0 Å². The van der Waals surface area contributed by atoms with Gasteiger partial charge < -0.3 is 24.4 Å². The molecular formula is C27H32N2O5. The molecule has 1 N–H and O–H groups in total. The van der Waals surface area contributed by atoms with Crippen molar-refractivity contribution in [3.63, 3.8) is 0 Å². The predicted octanol–water partition coefficient (Wildman–Crippen LogP) is 3.94. The normalized spacial score (nSPS) is 17.3. The Morgan fingerprint density at radius 2 is 1.82 bits per heavy atom. The van der Waals surface area contributed by atoms with E-state index in [1.807, 2.05) is 38.1 Å². The molecule has 3 rings (SSSR count). The summed E-state index contributed by atoms with van der Waals surface area (Å²) in [5.74, 6) is -0.189. The van der Waals surface area contributed by atoms with Crippen molar-refractivity contribution in [3.8, 4) is 11.5 Å². The Bertz CT molecular complexity index is 1090. The number of carbonyl (C=O) groups excluding carboxylic acids is 2. The van der Waals surface area contributed by atoms with Crippen LogP contribution >= 0.6 is 0 Å². The van der Waals surface area contributed by atoms with Crippen molar-refractivity contribution < 1.29 is 24.2 Å². The summed E-state index contributed by atoms with van der Waals surface area (Å²) in [6.07, 6.45) is 2.34. The molecule has 7 nitrogen and oxygen atoms in total. The number of nitrogens with zero attached hydrogens (tertiary/aromatic N) is 2. The van der Waals surface area contributed by atoms with Gasteiger partial charge in [0, 0.05) is 12.1 Å². The molecule has 0 aromatic heterocycles. The first kappa shape index (κ1) is 25.1.